The van der Waals surface area contributed by atoms with Gasteiger partial charge in [0.1, 0.15) is 0 Å². The van der Waals surface area contributed by atoms with Crippen LogP contribution in [-0.4, -0.2) is 19.6 Å². The summed E-state index contributed by atoms with van der Waals surface area (Å²) in [4.78, 5) is 9.55. The lowest BCUT2D eigenvalue weighted by molar-refractivity contribution is -0.400. The zero-order valence-corrected chi connectivity index (χ0v) is 8.77. The molecule has 0 aromatic heterocycles. The standard InChI is InChI=1S/C9H9NO4S/c1-15(13,14)9-5-3-2-4-8(9)6-7-10(11)12/h2-7H,1H3/b7-6+. The molecule has 0 spiro atoms. The molecule has 1 aromatic rings. The Labute approximate surface area is 87.1 Å². The molecule has 1 aromatic carbocycles. The maximum atomic E-state index is 11.3. The van der Waals surface area contributed by atoms with Crippen molar-refractivity contribution in [3.05, 3.63) is 46.1 Å². The highest BCUT2D eigenvalue weighted by Crippen LogP contribution is 2.16. The number of nitrogens with zero attached hydrogens (tertiary/aromatic N) is 1. The van der Waals surface area contributed by atoms with Gasteiger partial charge in [-0.3, -0.25) is 10.1 Å². The first-order valence-corrected chi connectivity index (χ1v) is 5.91. The van der Waals surface area contributed by atoms with E-state index in [4.69, 9.17) is 0 Å². The normalized spacial score (nSPS) is 11.8. The Hall–Kier alpha value is -1.69. The van der Waals surface area contributed by atoms with Gasteiger partial charge in [-0.05, 0) is 11.6 Å². The van der Waals surface area contributed by atoms with Crippen molar-refractivity contribution in [1.29, 1.82) is 0 Å². The first kappa shape index (κ1) is 11.4. The Kier molecular flexibility index (Phi) is 3.21. The van der Waals surface area contributed by atoms with E-state index in [2.05, 4.69) is 0 Å². The van der Waals surface area contributed by atoms with Crippen molar-refractivity contribution < 1.29 is 13.3 Å². The Morgan fingerprint density at radius 3 is 2.47 bits per heavy atom. The van der Waals surface area contributed by atoms with Gasteiger partial charge in [0, 0.05) is 12.3 Å². The van der Waals surface area contributed by atoms with Gasteiger partial charge < -0.3 is 0 Å². The molecule has 0 radical (unpaired) electrons. The molecule has 0 amide bonds. The van der Waals surface area contributed by atoms with Crippen molar-refractivity contribution in [3.63, 3.8) is 0 Å². The number of hydrogen-bond acceptors (Lipinski definition) is 4. The van der Waals surface area contributed by atoms with Crippen molar-refractivity contribution in [1.82, 2.24) is 0 Å². The predicted octanol–water partition coefficient (Wildman–Crippen LogP) is 1.34. The monoisotopic (exact) mass is 227 g/mol. The second-order valence-electron chi connectivity index (χ2n) is 2.91. The average molecular weight is 227 g/mol. The molecule has 0 N–H and O–H groups in total. The largest absolute Gasteiger partial charge is 0.259 e. The van der Waals surface area contributed by atoms with Crippen LogP contribution < -0.4 is 0 Å². The Bertz CT molecular complexity index is 505. The van der Waals surface area contributed by atoms with Crippen LogP contribution in [0.5, 0.6) is 0 Å². The fourth-order valence-corrected chi connectivity index (χ4v) is 1.99. The van der Waals surface area contributed by atoms with Gasteiger partial charge in [0.25, 0.3) is 0 Å². The Balaban J connectivity index is 3.25. The lowest BCUT2D eigenvalue weighted by atomic mass is 10.2. The summed E-state index contributed by atoms with van der Waals surface area (Å²) in [7, 11) is -3.36. The van der Waals surface area contributed by atoms with Crippen molar-refractivity contribution >= 4 is 15.9 Å². The van der Waals surface area contributed by atoms with Crippen LogP contribution >= 0.6 is 0 Å². The summed E-state index contributed by atoms with van der Waals surface area (Å²) in [6, 6.07) is 6.11. The van der Waals surface area contributed by atoms with Gasteiger partial charge in [-0.15, -0.1) is 0 Å². The molecule has 0 aliphatic rings. The minimum Gasteiger partial charge on any atom is -0.259 e. The Morgan fingerprint density at radius 1 is 1.33 bits per heavy atom. The lowest BCUT2D eigenvalue weighted by Gasteiger charge is -2.01. The van der Waals surface area contributed by atoms with Crippen LogP contribution in [0.1, 0.15) is 5.56 Å². The first-order valence-electron chi connectivity index (χ1n) is 4.02. The third kappa shape index (κ3) is 3.17. The molecule has 80 valence electrons. The van der Waals surface area contributed by atoms with Crippen molar-refractivity contribution in [2.24, 2.45) is 0 Å². The summed E-state index contributed by atoms with van der Waals surface area (Å²) >= 11 is 0. The van der Waals surface area contributed by atoms with Crippen molar-refractivity contribution in [3.8, 4) is 0 Å². The average Bonchev–Trinajstić information content (AvgIpc) is 2.13. The smallest absolute Gasteiger partial charge is 0.235 e. The third-order valence-electron chi connectivity index (χ3n) is 1.69. The summed E-state index contributed by atoms with van der Waals surface area (Å²) in [5.74, 6) is 0. The van der Waals surface area contributed by atoms with Crippen LogP contribution in [0, 0.1) is 10.1 Å². The SMILES string of the molecule is CS(=O)(=O)c1ccccc1/C=C/[N+](=O)[O-]. The molecule has 0 saturated carbocycles. The van der Waals surface area contributed by atoms with Gasteiger partial charge in [0.2, 0.25) is 6.20 Å². The molecule has 0 bridgehead atoms. The van der Waals surface area contributed by atoms with Gasteiger partial charge in [-0.2, -0.15) is 0 Å². The van der Waals surface area contributed by atoms with E-state index in [1.165, 1.54) is 12.1 Å². The molecule has 5 nitrogen and oxygen atoms in total. The lowest BCUT2D eigenvalue weighted by Crippen LogP contribution is -1.99. The zero-order chi connectivity index (χ0) is 11.5. The Morgan fingerprint density at radius 2 is 1.93 bits per heavy atom. The van der Waals surface area contributed by atoms with Gasteiger partial charge in [0.05, 0.1) is 9.82 Å². The van der Waals surface area contributed by atoms with E-state index in [9.17, 15) is 18.5 Å². The maximum Gasteiger partial charge on any atom is 0.235 e. The van der Waals surface area contributed by atoms with E-state index < -0.39 is 14.8 Å². The van der Waals surface area contributed by atoms with Gasteiger partial charge in [-0.25, -0.2) is 8.42 Å². The molecule has 0 aliphatic carbocycles. The molecular weight excluding hydrogens is 218 g/mol. The van der Waals surface area contributed by atoms with Crippen LogP contribution in [0.4, 0.5) is 0 Å². The van der Waals surface area contributed by atoms with Crippen molar-refractivity contribution in [2.75, 3.05) is 6.26 Å². The zero-order valence-electron chi connectivity index (χ0n) is 7.95. The molecule has 0 unspecified atom stereocenters. The molecule has 1 rings (SSSR count). The van der Waals surface area contributed by atoms with E-state index in [1.807, 2.05) is 0 Å². The van der Waals surface area contributed by atoms with Crippen LogP contribution in [0.15, 0.2) is 35.4 Å². The van der Waals surface area contributed by atoms with Crippen LogP contribution in [-0.2, 0) is 9.84 Å². The van der Waals surface area contributed by atoms with Crippen LogP contribution in [0.3, 0.4) is 0 Å². The highest BCUT2D eigenvalue weighted by Gasteiger charge is 2.10. The highest BCUT2D eigenvalue weighted by molar-refractivity contribution is 7.90. The topological polar surface area (TPSA) is 77.3 Å². The summed E-state index contributed by atoms with van der Waals surface area (Å²) in [5, 5.41) is 10.1. The molecule has 0 saturated heterocycles. The molecule has 0 aliphatic heterocycles. The quantitative estimate of drug-likeness (QED) is 0.576. The van der Waals surface area contributed by atoms with Crippen LogP contribution in [0.25, 0.3) is 6.08 Å². The fraction of sp³-hybridized carbons (Fsp3) is 0.111. The van der Waals surface area contributed by atoms with Crippen molar-refractivity contribution in [2.45, 2.75) is 4.90 Å². The van der Waals surface area contributed by atoms with Gasteiger partial charge >= 0.3 is 0 Å². The molecule has 15 heavy (non-hydrogen) atoms. The highest BCUT2D eigenvalue weighted by atomic mass is 32.2. The van der Waals surface area contributed by atoms with Gasteiger partial charge in [0.15, 0.2) is 9.84 Å². The minimum absolute atomic E-state index is 0.0862. The first-order chi connectivity index (χ1) is 6.91. The van der Waals surface area contributed by atoms with Gasteiger partial charge in [-0.1, -0.05) is 18.2 Å². The minimum atomic E-state index is -3.36. The summed E-state index contributed by atoms with van der Waals surface area (Å²) < 4.78 is 22.6. The summed E-state index contributed by atoms with van der Waals surface area (Å²) in [5.41, 5.74) is 0.316. The number of hydrogen-bond donors (Lipinski definition) is 0. The van der Waals surface area contributed by atoms with E-state index in [0.29, 0.717) is 11.8 Å². The molecular formula is C9H9NO4S. The number of nitro groups is 1. The number of sulfone groups is 1. The van der Waals surface area contributed by atoms with E-state index in [1.54, 1.807) is 12.1 Å². The molecule has 0 fully saturated rings. The van der Waals surface area contributed by atoms with E-state index in [-0.39, 0.29) is 4.90 Å². The summed E-state index contributed by atoms with van der Waals surface area (Å²) in [6.07, 6.45) is 2.94. The number of rotatable bonds is 3. The molecule has 0 heterocycles. The van der Waals surface area contributed by atoms with E-state index >= 15 is 0 Å². The predicted molar refractivity (Wildman–Crippen MR) is 55.6 cm³/mol. The number of benzene rings is 1. The third-order valence-corrected chi connectivity index (χ3v) is 2.87. The second-order valence-corrected chi connectivity index (χ2v) is 4.90. The fourth-order valence-electron chi connectivity index (χ4n) is 1.10. The molecule has 6 heteroatoms. The van der Waals surface area contributed by atoms with E-state index in [0.717, 1.165) is 12.3 Å². The van der Waals surface area contributed by atoms with Crippen LogP contribution in [0.2, 0.25) is 0 Å². The molecule has 0 atom stereocenters. The summed E-state index contributed by atoms with van der Waals surface area (Å²) in [6.45, 7) is 0. The second kappa shape index (κ2) is 4.22. The maximum absolute atomic E-state index is 11.3.